The van der Waals surface area contributed by atoms with Gasteiger partial charge in [0.1, 0.15) is 11.6 Å². The first-order valence-corrected chi connectivity index (χ1v) is 37.8. The van der Waals surface area contributed by atoms with Crippen molar-refractivity contribution in [2.75, 3.05) is 9.80 Å². The molecular weight excluding hydrogens is 1370 g/mol. The number of rotatable bonds is 11. The molecule has 6 heterocycles. The molecule has 16 aromatic carbocycles. The first kappa shape index (κ1) is 64.0. The summed E-state index contributed by atoms with van der Waals surface area (Å²) in [6, 6.07) is 139. The number of aromatic nitrogens is 8. The molecule has 20 aromatic rings. The highest BCUT2D eigenvalue weighted by Gasteiger charge is 2.32. The van der Waals surface area contributed by atoms with Crippen LogP contribution in [-0.4, -0.2) is 39.0 Å². The van der Waals surface area contributed by atoms with Gasteiger partial charge in [0.05, 0.1) is 33.8 Å². The number of benzene rings is 16. The predicted octanol–water partition coefficient (Wildman–Crippen LogP) is 26.2. The van der Waals surface area contributed by atoms with Crippen LogP contribution in [0.25, 0.3) is 179 Å². The van der Waals surface area contributed by atoms with E-state index in [9.17, 15) is 0 Å². The molecule has 0 N–H and O–H groups in total. The third kappa shape index (κ3) is 11.0. The second-order valence-corrected chi connectivity index (χ2v) is 28.7. The van der Waals surface area contributed by atoms with Gasteiger partial charge in [0.15, 0.2) is 34.9 Å². The first-order chi connectivity index (χ1) is 55.5. The Labute approximate surface area is 646 Å². The minimum Gasteiger partial charge on any atom is -0.295 e. The Kier molecular flexibility index (Phi) is 15.0. The Balaban J connectivity index is 0.620. The van der Waals surface area contributed by atoms with Gasteiger partial charge in [-0.3, -0.25) is 18.9 Å². The topological polar surface area (TPSA) is 93.7 Å². The Hall–Kier alpha value is -15.3. The molecule has 0 atom stereocenters. The molecule has 10 nitrogen and oxygen atoms in total. The van der Waals surface area contributed by atoms with Gasteiger partial charge >= 0.3 is 0 Å². The fourth-order valence-corrected chi connectivity index (χ4v) is 16.5. The normalized spacial score (nSPS) is 12.1. The number of anilines is 6. The van der Waals surface area contributed by atoms with Crippen molar-refractivity contribution >= 4 is 77.7 Å². The van der Waals surface area contributed by atoms with E-state index in [1.807, 2.05) is 121 Å². The molecule has 522 valence electrons. The monoisotopic (exact) mass is 1430 g/mol. The molecule has 0 fully saturated rings. The second kappa shape index (κ2) is 26.3. The highest BCUT2D eigenvalue weighted by Crippen LogP contribution is 2.53. The van der Waals surface area contributed by atoms with Gasteiger partial charge in [-0.1, -0.05) is 291 Å². The molecule has 0 amide bonds. The number of hydrogen-bond acceptors (Lipinski definition) is 8. The number of para-hydroxylation sites is 3. The maximum absolute atomic E-state index is 5.02. The van der Waals surface area contributed by atoms with Crippen molar-refractivity contribution in [3.8, 4) is 135 Å². The van der Waals surface area contributed by atoms with Gasteiger partial charge in [0.2, 0.25) is 0 Å². The summed E-state index contributed by atoms with van der Waals surface area (Å²) in [7, 11) is 0. The zero-order chi connectivity index (χ0) is 73.7. The molecule has 10 heteroatoms. The van der Waals surface area contributed by atoms with Gasteiger partial charge in [-0.05, 0) is 152 Å². The first-order valence-electron chi connectivity index (χ1n) is 37.8. The maximum Gasteiger partial charge on any atom is 0.164 e. The van der Waals surface area contributed by atoms with E-state index in [4.69, 9.17) is 29.9 Å². The molecule has 2 aliphatic rings. The number of nitrogens with zero attached hydrogens (tertiary/aromatic N) is 10. The summed E-state index contributed by atoms with van der Waals surface area (Å²) in [4.78, 5) is 34.8. The van der Waals surface area contributed by atoms with E-state index in [0.29, 0.717) is 34.9 Å². The van der Waals surface area contributed by atoms with Crippen LogP contribution in [0.5, 0.6) is 0 Å². The quantitative estimate of drug-likeness (QED) is 0.126. The van der Waals surface area contributed by atoms with Crippen LogP contribution in [0.1, 0.15) is 0 Å². The van der Waals surface area contributed by atoms with E-state index >= 15 is 0 Å². The van der Waals surface area contributed by atoms with Crippen LogP contribution in [0.2, 0.25) is 0 Å². The van der Waals surface area contributed by atoms with E-state index in [2.05, 4.69) is 286 Å². The largest absolute Gasteiger partial charge is 0.295 e. The van der Waals surface area contributed by atoms with Crippen molar-refractivity contribution in [2.24, 2.45) is 0 Å². The predicted molar refractivity (Wildman–Crippen MR) is 458 cm³/mol. The summed E-state index contributed by atoms with van der Waals surface area (Å²) in [5.41, 5.74) is 25.7. The zero-order valence-electron chi connectivity index (χ0n) is 60.4. The Morgan fingerprint density at radius 1 is 0.161 bits per heavy atom. The van der Waals surface area contributed by atoms with Crippen molar-refractivity contribution in [3.05, 3.63) is 388 Å². The van der Waals surface area contributed by atoms with Crippen molar-refractivity contribution in [1.29, 1.82) is 0 Å². The molecule has 0 aliphatic carbocycles. The molecule has 0 saturated carbocycles. The van der Waals surface area contributed by atoms with Crippen LogP contribution in [0, 0.1) is 0 Å². The SMILES string of the molecule is c1ccc(-c2nc(-c3ccccc3)nc(-c3ccc(-c4ccc(N5c6cc7ccc(-c8ccc9c(c8)cc8n9-c9cc%10ccccc%10cc9-c9ccccc9N8c8ccc(-c9ccc(-c%10nc(-c%11ccccc%11)nc(-c%11ccccc%11)n%10)cc9)cc8)cc7cc6-c6ccccc6-n6c5cc5ccccc56)cc4)cc3)n2)cc1. The standard InChI is InChI=1S/C102H64N10/c1-5-21-69(22-6-1)97-103-98(70-23-7-2-8-24-70)106-101(105-97)73-41-37-65(38-42-73)67-47-52-83(53-48-67)109-91-35-19-16-32-85(91)87-59-75-29-13-14-30-76(75)61-94(87)112-90-56-51-78(58-82(90)64-96(109)112)77-45-46-79-62-93-88(60-81(79)57-77)86-33-17-20-36-92(86)111-89-34-18-15-31-80(89)63-95(111)110(93)84-54-49-68(50-55-84)66-39-43-74(44-40-66)102-107-99(71-25-9-3-10-26-71)104-100(108-102)72-27-11-4-12-28-72/h1-64H. The molecule has 2 aliphatic heterocycles. The molecular formula is C102H64N10. The van der Waals surface area contributed by atoms with Gasteiger partial charge in [-0.2, -0.15) is 0 Å². The van der Waals surface area contributed by atoms with E-state index in [0.717, 1.165) is 156 Å². The smallest absolute Gasteiger partial charge is 0.164 e. The van der Waals surface area contributed by atoms with Gasteiger partial charge in [0, 0.05) is 77.8 Å². The van der Waals surface area contributed by atoms with Crippen LogP contribution in [0.3, 0.4) is 0 Å². The highest BCUT2D eigenvalue weighted by molar-refractivity contribution is 6.07. The van der Waals surface area contributed by atoms with Crippen molar-refractivity contribution in [3.63, 3.8) is 0 Å². The summed E-state index contributed by atoms with van der Waals surface area (Å²) in [6.45, 7) is 0. The van der Waals surface area contributed by atoms with Gasteiger partial charge in [0.25, 0.3) is 0 Å². The lowest BCUT2D eigenvalue weighted by molar-refractivity contribution is 1.07. The lowest BCUT2D eigenvalue weighted by atomic mass is 9.94. The van der Waals surface area contributed by atoms with Gasteiger partial charge in [-0.15, -0.1) is 0 Å². The van der Waals surface area contributed by atoms with Gasteiger partial charge in [-0.25, -0.2) is 29.9 Å². The molecule has 0 saturated heterocycles. The molecule has 22 rings (SSSR count). The minimum absolute atomic E-state index is 0.622. The molecule has 4 aromatic heterocycles. The van der Waals surface area contributed by atoms with E-state index < -0.39 is 0 Å². The third-order valence-electron chi connectivity index (χ3n) is 22.0. The van der Waals surface area contributed by atoms with E-state index in [1.54, 1.807) is 0 Å². The Morgan fingerprint density at radius 2 is 0.473 bits per heavy atom. The van der Waals surface area contributed by atoms with E-state index in [1.165, 1.54) is 21.7 Å². The fourth-order valence-electron chi connectivity index (χ4n) is 16.5. The summed E-state index contributed by atoms with van der Waals surface area (Å²) in [5, 5.41) is 6.98. The molecule has 0 unspecified atom stereocenters. The lowest BCUT2D eigenvalue weighted by Gasteiger charge is -2.26. The zero-order valence-corrected chi connectivity index (χ0v) is 60.4. The van der Waals surface area contributed by atoms with Crippen molar-refractivity contribution in [2.45, 2.75) is 0 Å². The average molecular weight is 1430 g/mol. The second-order valence-electron chi connectivity index (χ2n) is 28.7. The summed E-state index contributed by atoms with van der Waals surface area (Å²) >= 11 is 0. The molecule has 0 radical (unpaired) electrons. The molecule has 0 spiro atoms. The fraction of sp³-hybridized carbons (Fsp3) is 0. The number of hydrogen-bond donors (Lipinski definition) is 0. The van der Waals surface area contributed by atoms with Crippen molar-refractivity contribution in [1.82, 2.24) is 39.0 Å². The lowest BCUT2D eigenvalue weighted by Crippen LogP contribution is -2.13. The van der Waals surface area contributed by atoms with Crippen molar-refractivity contribution < 1.29 is 0 Å². The summed E-state index contributed by atoms with van der Waals surface area (Å²) in [6.07, 6.45) is 0. The van der Waals surface area contributed by atoms with Crippen LogP contribution in [0.4, 0.5) is 34.4 Å². The maximum atomic E-state index is 5.02. The number of fused-ring (bicyclic) bond motifs is 16. The Bertz CT molecular complexity index is 6970. The minimum atomic E-state index is 0.622. The van der Waals surface area contributed by atoms with Crippen LogP contribution >= 0.6 is 0 Å². The highest BCUT2D eigenvalue weighted by atomic mass is 15.3. The van der Waals surface area contributed by atoms with Crippen LogP contribution in [0.15, 0.2) is 388 Å². The van der Waals surface area contributed by atoms with Crippen LogP contribution < -0.4 is 9.80 Å². The summed E-state index contributed by atoms with van der Waals surface area (Å²) in [5.74, 6) is 5.90. The van der Waals surface area contributed by atoms with Gasteiger partial charge < -0.3 is 0 Å². The van der Waals surface area contributed by atoms with Crippen LogP contribution in [-0.2, 0) is 0 Å². The average Bonchev–Trinajstić information content (AvgIpc) is 1.56. The summed E-state index contributed by atoms with van der Waals surface area (Å²) < 4.78 is 4.92. The molecule has 0 bridgehead atoms. The Morgan fingerprint density at radius 3 is 0.982 bits per heavy atom. The third-order valence-corrected chi connectivity index (χ3v) is 22.0. The van der Waals surface area contributed by atoms with E-state index in [-0.39, 0.29) is 0 Å². The molecule has 112 heavy (non-hydrogen) atoms.